The van der Waals surface area contributed by atoms with Gasteiger partial charge in [-0.05, 0) is 207 Å². The molecular formula is C99H128N10O23S4Si2. The van der Waals surface area contributed by atoms with Gasteiger partial charge in [0.25, 0.3) is 35.0 Å². The van der Waals surface area contributed by atoms with Gasteiger partial charge in [-0.15, -0.1) is 0 Å². The van der Waals surface area contributed by atoms with Crippen LogP contribution >= 0.6 is 43.2 Å². The number of methoxy groups -OCH3 is 4. The first-order chi connectivity index (χ1) is 65.4. The van der Waals surface area contributed by atoms with Crippen molar-refractivity contribution in [3.63, 3.8) is 0 Å². The van der Waals surface area contributed by atoms with Gasteiger partial charge in [-0.25, -0.2) is 14.8 Å². The zero-order valence-corrected chi connectivity index (χ0v) is 86.5. The van der Waals surface area contributed by atoms with Crippen molar-refractivity contribution in [1.29, 1.82) is 0 Å². The minimum Gasteiger partial charge on any atom is -0.493 e. The highest BCUT2D eigenvalue weighted by Gasteiger charge is 2.49. The minimum absolute atomic E-state index is 0.00218. The number of amides is 5. The smallest absolute Gasteiger partial charge is 0.411 e. The molecule has 8 heterocycles. The molecule has 4 N–H and O–H groups in total. The Morgan fingerprint density at radius 2 is 0.899 bits per heavy atom. The van der Waals surface area contributed by atoms with Crippen LogP contribution in [0.2, 0.25) is 36.3 Å². The molecule has 0 bridgehead atoms. The van der Waals surface area contributed by atoms with Gasteiger partial charge in [0.05, 0.1) is 130 Å². The van der Waals surface area contributed by atoms with Crippen molar-refractivity contribution < 1.29 is 100.0 Å². The zero-order valence-electron chi connectivity index (χ0n) is 81.2. The lowest BCUT2D eigenvalue weighted by molar-refractivity contribution is -0.385. The molecule has 0 unspecified atom stereocenters. The molecule has 744 valence electrons. The number of nitrogens with zero attached hydrogens (tertiary/aromatic N) is 8. The van der Waals surface area contributed by atoms with E-state index in [-0.39, 0.29) is 122 Å². The van der Waals surface area contributed by atoms with Gasteiger partial charge in [-0.3, -0.25) is 54.3 Å². The standard InChI is InChI=1S/C50H63N5O12S2Si.C40H55N3O8Si.C9H10N2O3S2/c1-31-19-35(29-67-70(8,9)49(3,4)5)53(27-31)47(58)37-24-42(63-7)44(25-38(37)52-48(59)66-30-50(15-16-50)69-68-45-14-13-34(26-51-45)55(60)61)65-18-12-10-11-17-64-43-22-33-21-40(56)39-20-32(2)28-54(39)46(57)36(33)23-41(43)62-6;1-25-15-28(24-51-52(8,9)40(3,4)5)42(22-25)39(46)30-20-35(48-7)37(21-31(30)41)50-14-12-10-11-13-49-36-18-27-17-33(44)32-16-26(2)23-43(32)38(45)29(27)19-34(36)47-6;12-6-9(3-4-9)16-15-8-2-1-7(5-10-8)11(13)14/h13-14,22-26,35,39H,1-2,10-12,15-21,27-30H2,3-9H3,(H,52,59);18-21,28,32H,1-2,10-17,22-24,41H2,3-9H3;1-2,5,12H,3-4,6H2/t35-,39-;28-,32-;/m00./s1. The van der Waals surface area contributed by atoms with Gasteiger partial charge in [0.1, 0.15) is 29.1 Å². The number of nitrogens with one attached hydrogen (secondary N) is 1. The maximum atomic E-state index is 14.6. The van der Waals surface area contributed by atoms with Crippen LogP contribution in [0.4, 0.5) is 27.5 Å². The lowest BCUT2D eigenvalue weighted by Crippen LogP contribution is -2.46. The molecule has 4 saturated heterocycles. The summed E-state index contributed by atoms with van der Waals surface area (Å²) in [6.45, 7) is 42.3. The Bertz CT molecular complexity index is 5590. The SMILES string of the molecule is C=C1C[C@@H](CO[Si](C)(C)C(C)(C)C)N(C(=O)c2cc(OC)c(OCCCCCOc3cc4c(cc3OC)C(=O)N3CC(=C)C[C@H]3C(=O)C4)cc2N)C1.C=C1C[C@@H](CO[Si](C)(C)C(C)(C)C)N(C(=O)c2cc(OC)c(OCCCCCOc3cc4c(cc3OC)C(=O)N3CC(=C)C[C@H]3C(=O)C4)cc2NC(=O)OCC2(SSc3ccc([N+](=O)[O-])cn3)CC2)C1.O=[N+]([O-])c1ccc(SSC2(CO)CC2)nc1. The number of nitro groups is 2. The number of rotatable bonds is 40. The number of anilines is 2. The number of aliphatic hydroxyl groups is 1. The van der Waals surface area contributed by atoms with Crippen molar-refractivity contribution in [3.8, 4) is 46.0 Å². The van der Waals surface area contributed by atoms with Crippen molar-refractivity contribution >= 4 is 124 Å². The molecule has 5 amide bonds. The molecule has 2 aliphatic carbocycles. The van der Waals surface area contributed by atoms with E-state index in [2.05, 4.69) is 109 Å². The van der Waals surface area contributed by atoms with Gasteiger partial charge in [0, 0.05) is 84.8 Å². The third kappa shape index (κ3) is 26.5. The van der Waals surface area contributed by atoms with Crippen molar-refractivity contribution in [2.45, 2.75) is 224 Å². The third-order valence-electron chi connectivity index (χ3n) is 26.6. The molecule has 4 aromatic carbocycles. The number of carbonyl (C=O) groups excluding carboxylic acids is 7. The van der Waals surface area contributed by atoms with Gasteiger partial charge in [0.15, 0.2) is 74.2 Å². The van der Waals surface area contributed by atoms with Crippen molar-refractivity contribution in [3.05, 3.63) is 187 Å². The number of fused-ring (bicyclic) bond motifs is 4. The lowest BCUT2D eigenvalue weighted by Gasteiger charge is -2.38. The van der Waals surface area contributed by atoms with E-state index in [0.717, 1.165) is 78.7 Å². The molecule has 2 aromatic heterocycles. The second-order valence-corrected chi connectivity index (χ2v) is 53.9. The number of nitrogen functional groups attached to an aromatic ring is 1. The van der Waals surface area contributed by atoms with Gasteiger partial charge in [-0.1, -0.05) is 112 Å². The Hall–Kier alpha value is -10.7. The third-order valence-corrected chi connectivity index (χ3v) is 42.1. The largest absolute Gasteiger partial charge is 0.493 e. The topological polar surface area (TPSA) is 404 Å². The fourth-order valence-corrected chi connectivity index (χ4v) is 23.2. The molecule has 4 atom stereocenters. The van der Waals surface area contributed by atoms with Crippen LogP contribution in [0.15, 0.2) is 144 Å². The van der Waals surface area contributed by atoms with Crippen LogP contribution in [-0.2, 0) is 36.0 Å². The first-order valence-corrected chi connectivity index (χ1v) is 56.4. The summed E-state index contributed by atoms with van der Waals surface area (Å²) in [5.74, 6) is 2.45. The normalized spacial score (nSPS) is 18.5. The highest BCUT2D eigenvalue weighted by molar-refractivity contribution is 8.77. The molecule has 6 aromatic rings. The number of ketones is 2. The zero-order chi connectivity index (χ0) is 100. The number of unbranched alkanes of at least 4 members (excludes halogenated alkanes) is 4. The first kappa shape index (κ1) is 106. The summed E-state index contributed by atoms with van der Waals surface area (Å²) in [7, 11) is 7.84. The second kappa shape index (κ2) is 45.7. The van der Waals surface area contributed by atoms with Crippen LogP contribution in [-0.4, -0.2) is 244 Å². The number of hydrogen-bond donors (Lipinski definition) is 3. The molecule has 39 heteroatoms. The van der Waals surface area contributed by atoms with E-state index < -0.39 is 44.7 Å². The van der Waals surface area contributed by atoms with E-state index in [4.69, 9.17) is 62.3 Å². The summed E-state index contributed by atoms with van der Waals surface area (Å²) in [6, 6.07) is 18.0. The van der Waals surface area contributed by atoms with E-state index in [0.29, 0.717) is 182 Å². The van der Waals surface area contributed by atoms with E-state index >= 15 is 0 Å². The monoisotopic (exact) mass is 2010 g/mol. The number of hydrogen-bond acceptors (Lipinski definition) is 30. The number of pyridine rings is 2. The van der Waals surface area contributed by atoms with Gasteiger partial charge >= 0.3 is 6.09 Å². The van der Waals surface area contributed by atoms with Crippen LogP contribution in [0.5, 0.6) is 46.0 Å². The highest BCUT2D eigenvalue weighted by Crippen LogP contribution is 2.57. The Morgan fingerprint density at radius 3 is 1.28 bits per heavy atom. The fraction of sp³-hybridized carbons (Fsp3) is 0.505. The van der Waals surface area contributed by atoms with Gasteiger partial charge < -0.3 is 81.9 Å². The maximum absolute atomic E-state index is 14.6. The molecule has 33 nitrogen and oxygen atoms in total. The molecule has 14 rings (SSSR count). The average molecular weight is 2010 g/mol. The Labute approximate surface area is 824 Å². The predicted octanol–water partition coefficient (Wildman–Crippen LogP) is 18.7. The summed E-state index contributed by atoms with van der Waals surface area (Å²) < 4.78 is 65.6. The summed E-state index contributed by atoms with van der Waals surface area (Å²) in [5.41, 5.74) is 13.2. The van der Waals surface area contributed by atoms with Crippen LogP contribution in [0.1, 0.15) is 184 Å². The summed E-state index contributed by atoms with van der Waals surface area (Å²) >= 11 is 0. The Kier molecular flexibility index (Phi) is 35.2. The number of likely N-dealkylation sites (tertiary alicyclic amines) is 2. The number of carbonyl (C=O) groups is 7. The van der Waals surface area contributed by atoms with Gasteiger partial charge in [0.2, 0.25) is 0 Å². The number of aromatic nitrogens is 2. The van der Waals surface area contributed by atoms with E-state index in [9.17, 15) is 53.8 Å². The van der Waals surface area contributed by atoms with Crippen LogP contribution < -0.4 is 48.9 Å². The second-order valence-electron chi connectivity index (χ2n) is 39.1. The lowest BCUT2D eigenvalue weighted by atomic mass is 9.99. The molecule has 2 saturated carbocycles. The van der Waals surface area contributed by atoms with Crippen LogP contribution in [0.25, 0.3) is 0 Å². The highest BCUT2D eigenvalue weighted by atomic mass is 33.1. The minimum atomic E-state index is -2.15. The molecule has 0 spiro atoms. The maximum Gasteiger partial charge on any atom is 0.411 e. The number of ether oxygens (including phenoxy) is 9. The Balaban J connectivity index is 0.000000219. The number of aliphatic hydroxyl groups excluding tert-OH is 1. The van der Waals surface area contributed by atoms with Crippen LogP contribution in [0, 0.1) is 20.2 Å². The average Bonchev–Trinajstić information content (AvgIpc) is 1.64. The summed E-state index contributed by atoms with van der Waals surface area (Å²) in [5, 5.41) is 34.8. The van der Waals surface area contributed by atoms with Crippen LogP contribution in [0.3, 0.4) is 0 Å². The molecule has 138 heavy (non-hydrogen) atoms. The first-order valence-electron chi connectivity index (χ1n) is 46.2. The molecule has 6 fully saturated rings. The Morgan fingerprint density at radius 1 is 0.522 bits per heavy atom. The van der Waals surface area contributed by atoms with E-state index in [1.165, 1.54) is 78.2 Å². The van der Waals surface area contributed by atoms with E-state index in [1.807, 2.05) is 4.90 Å². The fourth-order valence-electron chi connectivity index (χ4n) is 15.9. The van der Waals surface area contributed by atoms with Gasteiger partial charge in [-0.2, -0.15) is 0 Å². The number of Topliss-reactive ketones (excluding diaryl/α,β-unsaturated/α-hetero) is 2. The number of benzene rings is 4. The predicted molar refractivity (Wildman–Crippen MR) is 539 cm³/mol. The van der Waals surface area contributed by atoms with Crippen molar-refractivity contribution in [2.24, 2.45) is 0 Å². The molecule has 0 radical (unpaired) electrons. The summed E-state index contributed by atoms with van der Waals surface area (Å²) in [6.07, 6.45) is 12.2. The summed E-state index contributed by atoms with van der Waals surface area (Å²) in [4.78, 5) is 130. The van der Waals surface area contributed by atoms with Crippen molar-refractivity contribution in [2.75, 3.05) is 119 Å². The quantitative estimate of drug-likeness (QED) is 0.00611. The van der Waals surface area contributed by atoms with Crippen molar-refractivity contribution in [1.82, 2.24) is 29.6 Å². The molecule has 8 aliphatic rings. The molecular weight excluding hydrogens is 1880 g/mol. The molecule has 6 aliphatic heterocycles. The number of nitrogens with two attached hydrogens (primary N) is 1. The van der Waals surface area contributed by atoms with E-state index in [1.54, 1.807) is 93.3 Å².